The summed E-state index contributed by atoms with van der Waals surface area (Å²) in [4.78, 5) is 30.9. The zero-order chi connectivity index (χ0) is 22.3. The zero-order valence-corrected chi connectivity index (χ0v) is 19.1. The number of fused-ring (bicyclic) bond motifs is 1. The molecule has 1 unspecified atom stereocenters. The number of hydrogen-bond donors (Lipinski definition) is 2. The van der Waals surface area contributed by atoms with E-state index in [0.717, 1.165) is 12.8 Å². The normalized spacial score (nSPS) is 16.8. The van der Waals surface area contributed by atoms with Gasteiger partial charge < -0.3 is 5.32 Å². The fourth-order valence-corrected chi connectivity index (χ4v) is 4.57. The highest BCUT2D eigenvalue weighted by Gasteiger charge is 2.32. The van der Waals surface area contributed by atoms with Crippen LogP contribution >= 0.6 is 11.6 Å². The first kappa shape index (κ1) is 21.6. The standard InChI is InChI=1S/C20H24ClN7O2S/c1-4-31(22,30)15-8-7-14(23-10-15)9-24-17-19(29)28(12(3)13-5-6-13)18-16(26-17)11(2)25-20(21)27-18/h7-8,10,12-13,22H,4-6,9H2,1-3H3,(H,24,26)/t12-,31?/m0/s1. The van der Waals surface area contributed by atoms with E-state index < -0.39 is 9.73 Å². The molecule has 0 aliphatic heterocycles. The van der Waals surface area contributed by atoms with E-state index in [-0.39, 0.29) is 35.0 Å². The van der Waals surface area contributed by atoms with Gasteiger partial charge in [-0.3, -0.25) is 14.3 Å². The van der Waals surface area contributed by atoms with Gasteiger partial charge in [0.15, 0.2) is 11.5 Å². The number of nitrogens with one attached hydrogen (secondary N) is 2. The minimum atomic E-state index is -2.81. The Morgan fingerprint density at radius 3 is 2.68 bits per heavy atom. The summed E-state index contributed by atoms with van der Waals surface area (Å²) in [6.45, 7) is 5.77. The van der Waals surface area contributed by atoms with E-state index in [2.05, 4.69) is 25.3 Å². The van der Waals surface area contributed by atoms with Crippen LogP contribution in [0.3, 0.4) is 0 Å². The fraction of sp³-hybridized carbons (Fsp3) is 0.450. The summed E-state index contributed by atoms with van der Waals surface area (Å²) in [6.07, 6.45) is 3.60. The van der Waals surface area contributed by atoms with Gasteiger partial charge >= 0.3 is 0 Å². The van der Waals surface area contributed by atoms with E-state index in [1.54, 1.807) is 30.5 Å². The molecule has 1 saturated carbocycles. The van der Waals surface area contributed by atoms with Gasteiger partial charge in [0.2, 0.25) is 5.28 Å². The summed E-state index contributed by atoms with van der Waals surface area (Å²) in [6, 6.07) is 3.32. The van der Waals surface area contributed by atoms with Crippen molar-refractivity contribution in [1.82, 2.24) is 24.5 Å². The van der Waals surface area contributed by atoms with Crippen molar-refractivity contribution in [3.63, 3.8) is 0 Å². The van der Waals surface area contributed by atoms with Gasteiger partial charge in [0, 0.05) is 18.0 Å². The molecule has 2 N–H and O–H groups in total. The molecule has 11 heteroatoms. The van der Waals surface area contributed by atoms with E-state index in [1.807, 2.05) is 6.92 Å². The van der Waals surface area contributed by atoms with Crippen molar-refractivity contribution >= 4 is 38.3 Å². The van der Waals surface area contributed by atoms with Gasteiger partial charge in [-0.25, -0.2) is 19.0 Å². The quantitative estimate of drug-likeness (QED) is 0.515. The minimum Gasteiger partial charge on any atom is -0.360 e. The molecule has 1 aliphatic carbocycles. The molecule has 0 radical (unpaired) electrons. The van der Waals surface area contributed by atoms with Crippen molar-refractivity contribution in [3.05, 3.63) is 45.4 Å². The molecule has 0 bridgehead atoms. The average molecular weight is 462 g/mol. The molecular weight excluding hydrogens is 438 g/mol. The lowest BCUT2D eigenvalue weighted by atomic mass is 10.2. The maximum absolute atomic E-state index is 13.3. The van der Waals surface area contributed by atoms with Crippen LogP contribution in [0, 0.1) is 17.6 Å². The summed E-state index contributed by atoms with van der Waals surface area (Å²) >= 11 is 6.06. The Hall–Kier alpha value is -2.59. The van der Waals surface area contributed by atoms with E-state index in [1.165, 1.54) is 6.20 Å². The van der Waals surface area contributed by atoms with E-state index in [4.69, 9.17) is 16.4 Å². The molecule has 3 aromatic heterocycles. The van der Waals surface area contributed by atoms with Gasteiger partial charge in [-0.15, -0.1) is 0 Å². The van der Waals surface area contributed by atoms with Crippen LogP contribution in [-0.2, 0) is 16.3 Å². The smallest absolute Gasteiger partial charge is 0.295 e. The van der Waals surface area contributed by atoms with Crippen LogP contribution in [-0.4, -0.2) is 34.5 Å². The average Bonchev–Trinajstić information content (AvgIpc) is 3.58. The third-order valence-corrected chi connectivity index (χ3v) is 7.60. The van der Waals surface area contributed by atoms with Gasteiger partial charge in [0.05, 0.1) is 32.6 Å². The van der Waals surface area contributed by atoms with Gasteiger partial charge in [-0.2, -0.15) is 4.98 Å². The topological polar surface area (TPSA) is 127 Å². The molecule has 31 heavy (non-hydrogen) atoms. The molecule has 3 aromatic rings. The first-order valence-corrected chi connectivity index (χ1v) is 12.2. The van der Waals surface area contributed by atoms with Crippen LogP contribution in [0.4, 0.5) is 5.82 Å². The Bertz CT molecular complexity index is 1300. The van der Waals surface area contributed by atoms with E-state index in [9.17, 15) is 9.00 Å². The number of aromatic nitrogens is 5. The largest absolute Gasteiger partial charge is 0.360 e. The lowest BCUT2D eigenvalue weighted by Gasteiger charge is -2.18. The Labute approximate surface area is 185 Å². The highest BCUT2D eigenvalue weighted by atomic mass is 35.5. The number of hydrogen-bond acceptors (Lipinski definition) is 8. The third kappa shape index (κ3) is 4.27. The van der Waals surface area contributed by atoms with Crippen molar-refractivity contribution in [2.45, 2.75) is 51.1 Å². The van der Waals surface area contributed by atoms with Crippen molar-refractivity contribution in [3.8, 4) is 0 Å². The molecule has 9 nitrogen and oxygen atoms in total. The molecule has 0 spiro atoms. The van der Waals surface area contributed by atoms with E-state index in [0.29, 0.717) is 33.4 Å². The van der Waals surface area contributed by atoms with Crippen molar-refractivity contribution in [1.29, 1.82) is 4.78 Å². The van der Waals surface area contributed by atoms with Crippen molar-refractivity contribution < 1.29 is 4.21 Å². The highest BCUT2D eigenvalue weighted by Crippen LogP contribution is 2.39. The SMILES string of the molecule is CCS(=N)(=O)c1ccc(CNc2nc3c(C)nc(Cl)nc3n([C@@H](C)C3CC3)c2=O)nc1. The maximum atomic E-state index is 13.3. The third-order valence-electron chi connectivity index (χ3n) is 5.62. The molecule has 0 saturated heterocycles. The molecule has 4 rings (SSSR count). The molecule has 0 aromatic carbocycles. The Morgan fingerprint density at radius 1 is 1.32 bits per heavy atom. The molecular formula is C20H24ClN7O2S. The lowest BCUT2D eigenvalue weighted by molar-refractivity contribution is 0.482. The predicted octanol–water partition coefficient (Wildman–Crippen LogP) is 3.55. The van der Waals surface area contributed by atoms with Gasteiger partial charge in [0.1, 0.15) is 5.52 Å². The molecule has 0 amide bonds. The molecule has 2 atom stereocenters. The zero-order valence-electron chi connectivity index (χ0n) is 17.6. The summed E-state index contributed by atoms with van der Waals surface area (Å²) in [5.41, 5.74) is 1.95. The van der Waals surface area contributed by atoms with Crippen molar-refractivity contribution in [2.75, 3.05) is 11.1 Å². The number of nitrogens with zero attached hydrogens (tertiary/aromatic N) is 5. The number of aryl methyl sites for hydroxylation is 1. The second kappa shape index (κ2) is 8.16. The van der Waals surface area contributed by atoms with Crippen molar-refractivity contribution in [2.24, 2.45) is 5.92 Å². The van der Waals surface area contributed by atoms with Crippen LogP contribution in [0.25, 0.3) is 11.2 Å². The molecule has 1 aliphatic rings. The van der Waals surface area contributed by atoms with Crippen LogP contribution in [0.5, 0.6) is 0 Å². The lowest BCUT2D eigenvalue weighted by Crippen LogP contribution is -2.29. The van der Waals surface area contributed by atoms with Gasteiger partial charge in [-0.05, 0) is 56.3 Å². The van der Waals surface area contributed by atoms with Crippen LogP contribution in [0.2, 0.25) is 5.28 Å². The highest BCUT2D eigenvalue weighted by molar-refractivity contribution is 7.92. The molecule has 3 heterocycles. The number of halogens is 1. The Morgan fingerprint density at radius 2 is 2.06 bits per heavy atom. The van der Waals surface area contributed by atoms with Gasteiger partial charge in [-0.1, -0.05) is 6.92 Å². The number of pyridine rings is 1. The fourth-order valence-electron chi connectivity index (χ4n) is 3.52. The second-order valence-corrected chi connectivity index (χ2v) is 10.5. The van der Waals surface area contributed by atoms with E-state index >= 15 is 0 Å². The molecule has 1 fully saturated rings. The molecule has 164 valence electrons. The summed E-state index contributed by atoms with van der Waals surface area (Å²) < 4.78 is 21.7. The summed E-state index contributed by atoms with van der Waals surface area (Å²) in [7, 11) is -2.81. The Balaban J connectivity index is 1.69. The minimum absolute atomic E-state index is 0.0272. The van der Waals surface area contributed by atoms with Crippen LogP contribution in [0.15, 0.2) is 28.0 Å². The number of rotatable bonds is 7. The second-order valence-electron chi connectivity index (χ2n) is 7.77. The Kier molecular flexibility index (Phi) is 5.69. The number of anilines is 1. The van der Waals surface area contributed by atoms with Crippen LogP contribution < -0.4 is 10.9 Å². The van der Waals surface area contributed by atoms with Crippen LogP contribution in [0.1, 0.15) is 44.1 Å². The van der Waals surface area contributed by atoms with Gasteiger partial charge in [0.25, 0.3) is 5.56 Å². The summed E-state index contributed by atoms with van der Waals surface area (Å²) in [5.74, 6) is 0.854. The monoisotopic (exact) mass is 461 g/mol. The maximum Gasteiger partial charge on any atom is 0.295 e. The first-order chi connectivity index (χ1) is 14.7. The predicted molar refractivity (Wildman–Crippen MR) is 120 cm³/mol. The summed E-state index contributed by atoms with van der Waals surface area (Å²) in [5, 5.41) is 3.17. The first-order valence-electron chi connectivity index (χ1n) is 10.1.